The van der Waals surface area contributed by atoms with Gasteiger partial charge in [0.15, 0.2) is 0 Å². The molecule has 0 aliphatic heterocycles. The number of benzene rings is 1. The molecular weight excluding hydrogens is 344 g/mol. The summed E-state index contributed by atoms with van der Waals surface area (Å²) in [4.78, 5) is 32.1. The van der Waals surface area contributed by atoms with Gasteiger partial charge in [-0.1, -0.05) is 6.07 Å². The SMILES string of the molecule is COC(=O)c1ccc(Nc2cncc(C(=O)NCc3ccccn3)c2)cc1. The van der Waals surface area contributed by atoms with Gasteiger partial charge < -0.3 is 15.4 Å². The molecule has 0 fully saturated rings. The van der Waals surface area contributed by atoms with E-state index in [9.17, 15) is 9.59 Å². The minimum Gasteiger partial charge on any atom is -0.465 e. The number of esters is 1. The average molecular weight is 362 g/mol. The number of pyridine rings is 2. The van der Waals surface area contributed by atoms with Crippen molar-refractivity contribution in [3.8, 4) is 0 Å². The number of rotatable bonds is 6. The van der Waals surface area contributed by atoms with Crippen molar-refractivity contribution in [1.82, 2.24) is 15.3 Å². The number of aromatic nitrogens is 2. The van der Waals surface area contributed by atoms with Crippen LogP contribution in [0.2, 0.25) is 0 Å². The van der Waals surface area contributed by atoms with Crippen molar-refractivity contribution in [3.63, 3.8) is 0 Å². The maximum absolute atomic E-state index is 12.3. The van der Waals surface area contributed by atoms with Gasteiger partial charge in [0, 0.05) is 18.1 Å². The van der Waals surface area contributed by atoms with E-state index in [2.05, 4.69) is 25.3 Å². The standard InChI is InChI=1S/C20H18N4O3/c1-27-20(26)14-5-7-16(8-6-14)24-18-10-15(11-21-12-18)19(25)23-13-17-4-2-3-9-22-17/h2-12,24H,13H2,1H3,(H,23,25). The summed E-state index contributed by atoms with van der Waals surface area (Å²) < 4.78 is 4.67. The molecule has 0 aliphatic carbocycles. The van der Waals surface area contributed by atoms with Crippen molar-refractivity contribution in [1.29, 1.82) is 0 Å². The lowest BCUT2D eigenvalue weighted by atomic mass is 10.2. The van der Waals surface area contributed by atoms with E-state index in [1.807, 2.05) is 18.2 Å². The smallest absolute Gasteiger partial charge is 0.337 e. The molecule has 0 atom stereocenters. The summed E-state index contributed by atoms with van der Waals surface area (Å²) in [6.07, 6.45) is 4.79. The van der Waals surface area contributed by atoms with E-state index in [1.54, 1.807) is 42.7 Å². The van der Waals surface area contributed by atoms with Gasteiger partial charge >= 0.3 is 5.97 Å². The Hall–Kier alpha value is -3.74. The van der Waals surface area contributed by atoms with Gasteiger partial charge in [-0.25, -0.2) is 4.79 Å². The molecule has 27 heavy (non-hydrogen) atoms. The van der Waals surface area contributed by atoms with E-state index in [0.29, 0.717) is 23.4 Å². The summed E-state index contributed by atoms with van der Waals surface area (Å²) in [5, 5.41) is 5.96. The maximum atomic E-state index is 12.3. The number of hydrogen-bond acceptors (Lipinski definition) is 6. The summed E-state index contributed by atoms with van der Waals surface area (Å²) in [5.74, 6) is -0.632. The minimum absolute atomic E-state index is 0.238. The van der Waals surface area contributed by atoms with Crippen LogP contribution in [0.1, 0.15) is 26.4 Å². The van der Waals surface area contributed by atoms with Gasteiger partial charge in [-0.2, -0.15) is 0 Å². The Morgan fingerprint density at radius 2 is 1.81 bits per heavy atom. The van der Waals surface area contributed by atoms with Crippen molar-refractivity contribution in [2.24, 2.45) is 0 Å². The first kappa shape index (κ1) is 18.1. The van der Waals surface area contributed by atoms with Crippen LogP contribution in [0.4, 0.5) is 11.4 Å². The highest BCUT2D eigenvalue weighted by Crippen LogP contribution is 2.18. The number of anilines is 2. The fourth-order valence-corrected chi connectivity index (χ4v) is 2.38. The zero-order valence-electron chi connectivity index (χ0n) is 14.7. The molecule has 7 heteroatoms. The zero-order valence-corrected chi connectivity index (χ0v) is 14.7. The quantitative estimate of drug-likeness (QED) is 0.655. The van der Waals surface area contributed by atoms with E-state index in [1.165, 1.54) is 13.3 Å². The number of carbonyl (C=O) groups is 2. The highest BCUT2D eigenvalue weighted by Gasteiger charge is 2.08. The fraction of sp³-hybridized carbons (Fsp3) is 0.100. The number of hydrogen-bond donors (Lipinski definition) is 2. The highest BCUT2D eigenvalue weighted by molar-refractivity contribution is 5.95. The van der Waals surface area contributed by atoms with Crippen molar-refractivity contribution in [2.45, 2.75) is 6.54 Å². The van der Waals surface area contributed by atoms with Crippen LogP contribution in [0, 0.1) is 0 Å². The molecule has 3 rings (SSSR count). The summed E-state index contributed by atoms with van der Waals surface area (Å²) in [5.41, 5.74) is 3.09. The first-order valence-corrected chi connectivity index (χ1v) is 8.24. The predicted molar refractivity (Wildman–Crippen MR) is 101 cm³/mol. The second-order valence-corrected chi connectivity index (χ2v) is 5.66. The highest BCUT2D eigenvalue weighted by atomic mass is 16.5. The normalized spacial score (nSPS) is 10.1. The van der Waals surface area contributed by atoms with Gasteiger partial charge in [-0.05, 0) is 42.5 Å². The molecule has 0 spiro atoms. The molecule has 0 unspecified atom stereocenters. The lowest BCUT2D eigenvalue weighted by Crippen LogP contribution is -2.23. The van der Waals surface area contributed by atoms with Crippen LogP contribution >= 0.6 is 0 Å². The molecule has 0 radical (unpaired) electrons. The molecule has 136 valence electrons. The van der Waals surface area contributed by atoms with Crippen LogP contribution in [0.15, 0.2) is 67.1 Å². The fourth-order valence-electron chi connectivity index (χ4n) is 2.38. The van der Waals surface area contributed by atoms with Gasteiger partial charge in [0.1, 0.15) is 0 Å². The van der Waals surface area contributed by atoms with Crippen molar-refractivity contribution < 1.29 is 14.3 Å². The molecule has 2 N–H and O–H groups in total. The Morgan fingerprint density at radius 3 is 2.52 bits per heavy atom. The molecule has 0 aliphatic rings. The summed E-state index contributed by atoms with van der Waals surface area (Å²) in [6.45, 7) is 0.340. The third-order valence-corrected chi connectivity index (χ3v) is 3.75. The van der Waals surface area contributed by atoms with Crippen molar-refractivity contribution in [2.75, 3.05) is 12.4 Å². The Balaban J connectivity index is 1.64. The van der Waals surface area contributed by atoms with Gasteiger partial charge in [-0.15, -0.1) is 0 Å². The van der Waals surface area contributed by atoms with Gasteiger partial charge in [0.2, 0.25) is 0 Å². The van der Waals surface area contributed by atoms with Crippen LogP contribution in [-0.4, -0.2) is 29.0 Å². The van der Waals surface area contributed by atoms with Crippen LogP contribution < -0.4 is 10.6 Å². The minimum atomic E-state index is -0.394. The summed E-state index contributed by atoms with van der Waals surface area (Å²) >= 11 is 0. The maximum Gasteiger partial charge on any atom is 0.337 e. The third kappa shape index (κ3) is 4.88. The second-order valence-electron chi connectivity index (χ2n) is 5.66. The lowest BCUT2D eigenvalue weighted by molar-refractivity contribution is 0.0600. The van der Waals surface area contributed by atoms with Crippen LogP contribution in [0.3, 0.4) is 0 Å². The third-order valence-electron chi connectivity index (χ3n) is 3.75. The number of amides is 1. The molecule has 0 bridgehead atoms. The molecule has 2 heterocycles. The summed E-state index contributed by atoms with van der Waals surface area (Å²) in [6, 6.07) is 14.0. The van der Waals surface area contributed by atoms with E-state index < -0.39 is 5.97 Å². The van der Waals surface area contributed by atoms with E-state index in [-0.39, 0.29) is 5.91 Å². The summed E-state index contributed by atoms with van der Waals surface area (Å²) in [7, 11) is 1.34. The Bertz CT molecular complexity index is 927. The van der Waals surface area contributed by atoms with E-state index in [0.717, 1.165) is 11.4 Å². The Labute approximate surface area is 156 Å². The molecule has 0 saturated heterocycles. The molecule has 0 saturated carbocycles. The number of nitrogens with one attached hydrogen (secondary N) is 2. The van der Waals surface area contributed by atoms with Crippen LogP contribution in [0.5, 0.6) is 0 Å². The van der Waals surface area contributed by atoms with Gasteiger partial charge in [-0.3, -0.25) is 14.8 Å². The van der Waals surface area contributed by atoms with E-state index >= 15 is 0 Å². The first-order chi connectivity index (χ1) is 13.2. The number of nitrogens with zero attached hydrogens (tertiary/aromatic N) is 2. The lowest BCUT2D eigenvalue weighted by Gasteiger charge is -2.09. The number of methoxy groups -OCH3 is 1. The Morgan fingerprint density at radius 1 is 1.00 bits per heavy atom. The predicted octanol–water partition coefficient (Wildman–Crippen LogP) is 2.94. The number of ether oxygens (including phenoxy) is 1. The topological polar surface area (TPSA) is 93.2 Å². The second kappa shape index (κ2) is 8.57. The van der Waals surface area contributed by atoms with Crippen LogP contribution in [-0.2, 0) is 11.3 Å². The Kier molecular flexibility index (Phi) is 5.73. The molecule has 2 aromatic heterocycles. The van der Waals surface area contributed by atoms with Crippen molar-refractivity contribution >= 4 is 23.3 Å². The van der Waals surface area contributed by atoms with Crippen LogP contribution in [0.25, 0.3) is 0 Å². The molecule has 1 aromatic carbocycles. The molecule has 1 amide bonds. The van der Waals surface area contributed by atoms with E-state index in [4.69, 9.17) is 0 Å². The molecule has 3 aromatic rings. The first-order valence-electron chi connectivity index (χ1n) is 8.24. The largest absolute Gasteiger partial charge is 0.465 e. The molecular formula is C20H18N4O3. The average Bonchev–Trinajstić information content (AvgIpc) is 2.73. The van der Waals surface area contributed by atoms with Crippen molar-refractivity contribution in [3.05, 3.63) is 83.9 Å². The van der Waals surface area contributed by atoms with Gasteiger partial charge in [0.05, 0.1) is 42.4 Å². The number of carbonyl (C=O) groups excluding carboxylic acids is 2. The van der Waals surface area contributed by atoms with Gasteiger partial charge in [0.25, 0.3) is 5.91 Å². The molecule has 7 nitrogen and oxygen atoms in total. The monoisotopic (exact) mass is 362 g/mol. The zero-order chi connectivity index (χ0) is 19.1.